The Morgan fingerprint density at radius 3 is 2.60 bits per heavy atom. The number of anilines is 2. The fourth-order valence-corrected chi connectivity index (χ4v) is 3.90. The van der Waals surface area contributed by atoms with E-state index in [4.69, 9.17) is 37.1 Å². The molecule has 4 aromatic rings. The Hall–Kier alpha value is -3.16. The topological polar surface area (TPSA) is 82.1 Å². The summed E-state index contributed by atoms with van der Waals surface area (Å²) in [5, 5.41) is 6.09. The van der Waals surface area contributed by atoms with Crippen LogP contribution < -0.4 is 10.6 Å². The lowest BCUT2D eigenvalue weighted by Gasteiger charge is -2.27. The van der Waals surface area contributed by atoms with E-state index in [1.165, 1.54) is 0 Å². The highest BCUT2D eigenvalue weighted by atomic mass is 35.5. The van der Waals surface area contributed by atoms with Crippen molar-refractivity contribution in [1.82, 2.24) is 19.7 Å². The fourth-order valence-electron chi connectivity index (χ4n) is 3.71. The maximum Gasteiger partial charge on any atom is 0.228 e. The summed E-state index contributed by atoms with van der Waals surface area (Å²) in [4.78, 5) is 11.7. The second kappa shape index (κ2) is 7.59. The molecule has 0 unspecified atom stereocenters. The van der Waals surface area contributed by atoms with Gasteiger partial charge in [-0.15, -0.1) is 5.10 Å². The van der Waals surface area contributed by atoms with Gasteiger partial charge in [-0.25, -0.2) is 9.67 Å². The first kappa shape index (κ1) is 18.8. The summed E-state index contributed by atoms with van der Waals surface area (Å²) in [5.41, 5.74) is 10.7. The number of morpholine rings is 1. The smallest absolute Gasteiger partial charge is 0.228 e. The molecule has 0 radical (unpaired) electrons. The molecule has 0 amide bonds. The maximum atomic E-state index is 6.58. The SMILES string of the molecule is Cc1cccc(-n2nc3nc(N4CCOCC4)nc(-c4cccc(Cl)c4)c3c2N)c1. The number of hydrogen-bond acceptors (Lipinski definition) is 6. The Morgan fingerprint density at radius 1 is 1.03 bits per heavy atom. The zero-order valence-corrected chi connectivity index (χ0v) is 17.3. The standard InChI is InChI=1S/C22H21ClN6O/c1-14-4-2-7-17(12-14)29-20(24)18-19(15-5-3-6-16(23)13-15)25-22(26-21(18)27-29)28-8-10-30-11-9-28/h2-7,12-13H,8-11,24H2,1H3. The van der Waals surface area contributed by atoms with Crippen molar-refractivity contribution >= 4 is 34.4 Å². The molecular weight excluding hydrogens is 400 g/mol. The molecule has 8 heteroatoms. The van der Waals surface area contributed by atoms with Crippen molar-refractivity contribution in [1.29, 1.82) is 0 Å². The number of nitrogen functional groups attached to an aromatic ring is 1. The molecule has 5 rings (SSSR count). The molecule has 2 aromatic heterocycles. The summed E-state index contributed by atoms with van der Waals surface area (Å²) in [6.45, 7) is 4.79. The van der Waals surface area contributed by atoms with Gasteiger partial charge in [-0.05, 0) is 36.8 Å². The summed E-state index contributed by atoms with van der Waals surface area (Å²) in [6.07, 6.45) is 0. The zero-order valence-electron chi connectivity index (χ0n) is 16.5. The fraction of sp³-hybridized carbons (Fsp3) is 0.227. The van der Waals surface area contributed by atoms with Crippen molar-refractivity contribution in [3.8, 4) is 16.9 Å². The van der Waals surface area contributed by atoms with Crippen molar-refractivity contribution in [2.24, 2.45) is 0 Å². The van der Waals surface area contributed by atoms with Crippen LogP contribution in [0.3, 0.4) is 0 Å². The van der Waals surface area contributed by atoms with Gasteiger partial charge in [0.15, 0.2) is 5.65 Å². The van der Waals surface area contributed by atoms with E-state index in [1.807, 2.05) is 55.5 Å². The van der Waals surface area contributed by atoms with Gasteiger partial charge >= 0.3 is 0 Å². The highest BCUT2D eigenvalue weighted by Gasteiger charge is 2.22. The molecule has 152 valence electrons. The molecule has 7 nitrogen and oxygen atoms in total. The predicted molar refractivity (Wildman–Crippen MR) is 119 cm³/mol. The van der Waals surface area contributed by atoms with Gasteiger partial charge < -0.3 is 15.4 Å². The Labute approximate surface area is 179 Å². The van der Waals surface area contributed by atoms with Crippen LogP contribution in [0.1, 0.15) is 5.56 Å². The number of halogens is 1. The van der Waals surface area contributed by atoms with Gasteiger partial charge in [0.25, 0.3) is 0 Å². The number of benzene rings is 2. The molecule has 1 aliphatic heterocycles. The normalized spacial score (nSPS) is 14.4. The Bertz CT molecular complexity index is 1230. The zero-order chi connectivity index (χ0) is 20.7. The van der Waals surface area contributed by atoms with Crippen LogP contribution in [0, 0.1) is 6.92 Å². The molecule has 2 N–H and O–H groups in total. The van der Waals surface area contributed by atoms with Crippen LogP contribution in [-0.2, 0) is 4.74 Å². The Kier molecular flexibility index (Phi) is 4.77. The van der Waals surface area contributed by atoms with Gasteiger partial charge in [0.1, 0.15) is 5.82 Å². The molecule has 0 atom stereocenters. The highest BCUT2D eigenvalue weighted by Crippen LogP contribution is 2.34. The quantitative estimate of drug-likeness (QED) is 0.542. The van der Waals surface area contributed by atoms with Gasteiger partial charge in [0, 0.05) is 23.7 Å². The number of nitrogens with zero attached hydrogens (tertiary/aromatic N) is 5. The molecule has 3 heterocycles. The average Bonchev–Trinajstić information content (AvgIpc) is 3.10. The van der Waals surface area contributed by atoms with E-state index in [2.05, 4.69) is 4.90 Å². The molecule has 0 bridgehead atoms. The lowest BCUT2D eigenvalue weighted by atomic mass is 10.1. The molecule has 0 spiro atoms. The van der Waals surface area contributed by atoms with Crippen molar-refractivity contribution in [2.45, 2.75) is 6.92 Å². The minimum absolute atomic E-state index is 0.499. The Morgan fingerprint density at radius 2 is 1.83 bits per heavy atom. The van der Waals surface area contributed by atoms with Crippen LogP contribution in [-0.4, -0.2) is 46.1 Å². The van der Waals surface area contributed by atoms with Crippen LogP contribution in [0.4, 0.5) is 11.8 Å². The molecule has 2 aromatic carbocycles. The van der Waals surface area contributed by atoms with Crippen LogP contribution in [0.15, 0.2) is 48.5 Å². The van der Waals surface area contributed by atoms with E-state index in [0.29, 0.717) is 35.6 Å². The molecular formula is C22H21ClN6O. The highest BCUT2D eigenvalue weighted by molar-refractivity contribution is 6.30. The van der Waals surface area contributed by atoms with E-state index in [1.54, 1.807) is 4.68 Å². The van der Waals surface area contributed by atoms with Crippen molar-refractivity contribution in [3.05, 3.63) is 59.1 Å². The molecule has 1 saturated heterocycles. The summed E-state index contributed by atoms with van der Waals surface area (Å²) in [7, 11) is 0. The third-order valence-corrected chi connectivity index (χ3v) is 5.43. The average molecular weight is 421 g/mol. The van der Waals surface area contributed by atoms with E-state index in [-0.39, 0.29) is 0 Å². The minimum Gasteiger partial charge on any atom is -0.383 e. The van der Waals surface area contributed by atoms with Gasteiger partial charge in [0.05, 0.1) is 30.0 Å². The second-order valence-corrected chi connectivity index (χ2v) is 7.75. The third kappa shape index (κ3) is 3.36. The summed E-state index contributed by atoms with van der Waals surface area (Å²) in [5.74, 6) is 1.12. The maximum absolute atomic E-state index is 6.58. The van der Waals surface area contributed by atoms with Crippen molar-refractivity contribution in [3.63, 3.8) is 0 Å². The van der Waals surface area contributed by atoms with E-state index in [0.717, 1.165) is 41.0 Å². The number of ether oxygens (including phenoxy) is 1. The Balaban J connectivity index is 1.76. The van der Waals surface area contributed by atoms with E-state index < -0.39 is 0 Å². The first-order chi connectivity index (χ1) is 14.6. The van der Waals surface area contributed by atoms with Crippen molar-refractivity contribution < 1.29 is 4.74 Å². The molecule has 1 fully saturated rings. The predicted octanol–water partition coefficient (Wildman–Crippen LogP) is 3.86. The lowest BCUT2D eigenvalue weighted by molar-refractivity contribution is 0.122. The number of hydrogen-bond donors (Lipinski definition) is 1. The first-order valence-electron chi connectivity index (χ1n) is 9.82. The molecule has 0 aliphatic carbocycles. The molecule has 0 saturated carbocycles. The van der Waals surface area contributed by atoms with Gasteiger partial charge in [-0.1, -0.05) is 35.9 Å². The summed E-state index contributed by atoms with van der Waals surface area (Å²) >= 11 is 6.27. The van der Waals surface area contributed by atoms with Crippen LogP contribution in [0.25, 0.3) is 28.0 Å². The lowest BCUT2D eigenvalue weighted by Crippen LogP contribution is -2.37. The van der Waals surface area contributed by atoms with Gasteiger partial charge in [0.2, 0.25) is 5.95 Å². The van der Waals surface area contributed by atoms with Gasteiger partial charge in [-0.2, -0.15) is 4.98 Å². The van der Waals surface area contributed by atoms with Crippen molar-refractivity contribution in [2.75, 3.05) is 36.9 Å². The summed E-state index contributed by atoms with van der Waals surface area (Å²) in [6, 6.07) is 15.6. The number of aryl methyl sites for hydroxylation is 1. The van der Waals surface area contributed by atoms with Crippen LogP contribution in [0.2, 0.25) is 5.02 Å². The number of nitrogens with two attached hydrogens (primary N) is 1. The van der Waals surface area contributed by atoms with Crippen LogP contribution >= 0.6 is 11.6 Å². The largest absolute Gasteiger partial charge is 0.383 e. The molecule has 30 heavy (non-hydrogen) atoms. The minimum atomic E-state index is 0.499. The second-order valence-electron chi connectivity index (χ2n) is 7.32. The van der Waals surface area contributed by atoms with E-state index in [9.17, 15) is 0 Å². The van der Waals surface area contributed by atoms with Gasteiger partial charge in [-0.3, -0.25) is 0 Å². The third-order valence-electron chi connectivity index (χ3n) is 5.20. The number of rotatable bonds is 3. The number of aromatic nitrogens is 4. The molecule has 1 aliphatic rings. The first-order valence-corrected chi connectivity index (χ1v) is 10.2. The van der Waals surface area contributed by atoms with Crippen LogP contribution in [0.5, 0.6) is 0 Å². The summed E-state index contributed by atoms with van der Waals surface area (Å²) < 4.78 is 7.20. The monoisotopic (exact) mass is 420 g/mol. The van der Waals surface area contributed by atoms with E-state index >= 15 is 0 Å². The number of fused-ring (bicyclic) bond motifs is 1.